The predicted molar refractivity (Wildman–Crippen MR) is 117 cm³/mol. The number of piperidine rings is 1. The maximum atomic E-state index is 10.6. The number of carboxylic acids is 1. The molecule has 0 spiro atoms. The number of nitrogens with zero attached hydrogens (tertiary/aromatic N) is 3. The molecule has 2 aromatic rings. The van der Waals surface area contributed by atoms with Crippen LogP contribution in [0, 0.1) is 0 Å². The first-order valence-corrected chi connectivity index (χ1v) is 10.7. The zero-order chi connectivity index (χ0) is 24.0. The van der Waals surface area contributed by atoms with Gasteiger partial charge in [-0.3, -0.25) is 0 Å². The molecule has 182 valence electrons. The maximum Gasteiger partial charge on any atom is 0.490 e. The predicted octanol–water partition coefficient (Wildman–Crippen LogP) is 3.04. The van der Waals surface area contributed by atoms with Crippen molar-refractivity contribution < 1.29 is 32.5 Å². The Morgan fingerprint density at radius 3 is 2.33 bits per heavy atom. The Kier molecular flexibility index (Phi) is 8.01. The van der Waals surface area contributed by atoms with Crippen LogP contribution in [-0.2, 0) is 4.79 Å². The van der Waals surface area contributed by atoms with Crippen LogP contribution in [0.15, 0.2) is 12.1 Å². The molecule has 0 saturated carbocycles. The van der Waals surface area contributed by atoms with E-state index in [1.807, 2.05) is 12.1 Å². The number of nitrogens with one attached hydrogen (secondary N) is 2. The smallest absolute Gasteiger partial charge is 0.490 e. The average molecular weight is 471 g/mol. The zero-order valence-electron chi connectivity index (χ0n) is 18.5. The number of halogens is 3. The molecular formula is C21H28F3N5O4. The summed E-state index contributed by atoms with van der Waals surface area (Å²) >= 11 is 0. The van der Waals surface area contributed by atoms with Crippen molar-refractivity contribution in [3.8, 4) is 11.5 Å². The minimum Gasteiger partial charge on any atom is -0.493 e. The van der Waals surface area contributed by atoms with Gasteiger partial charge in [0.1, 0.15) is 5.82 Å². The van der Waals surface area contributed by atoms with Crippen molar-refractivity contribution in [2.24, 2.45) is 0 Å². The van der Waals surface area contributed by atoms with Gasteiger partial charge in [0.25, 0.3) is 0 Å². The highest BCUT2D eigenvalue weighted by atomic mass is 19.4. The second-order valence-electron chi connectivity index (χ2n) is 7.78. The minimum atomic E-state index is -5.08. The van der Waals surface area contributed by atoms with Crippen molar-refractivity contribution in [1.82, 2.24) is 15.3 Å². The Balaban J connectivity index is 0.000000383. The molecular weight excluding hydrogens is 443 g/mol. The summed E-state index contributed by atoms with van der Waals surface area (Å²) < 4.78 is 42.7. The first kappa shape index (κ1) is 24.6. The molecule has 33 heavy (non-hydrogen) atoms. The SMILES string of the molecule is COc1cc2nc(N3CCCC3)nc(N[C@@H]3CCCNC3)c2cc1OC.O=C(O)C(F)(F)F. The number of anilines is 2. The Morgan fingerprint density at radius 2 is 1.79 bits per heavy atom. The Morgan fingerprint density at radius 1 is 1.15 bits per heavy atom. The summed E-state index contributed by atoms with van der Waals surface area (Å²) in [6, 6.07) is 4.29. The van der Waals surface area contributed by atoms with E-state index in [2.05, 4.69) is 15.5 Å². The van der Waals surface area contributed by atoms with E-state index >= 15 is 0 Å². The van der Waals surface area contributed by atoms with E-state index in [-0.39, 0.29) is 0 Å². The molecule has 1 aromatic heterocycles. The summed E-state index contributed by atoms with van der Waals surface area (Å²) in [7, 11) is 3.31. The van der Waals surface area contributed by atoms with Gasteiger partial charge in [-0.05, 0) is 38.3 Å². The fourth-order valence-electron chi connectivity index (χ4n) is 3.78. The lowest BCUT2D eigenvalue weighted by molar-refractivity contribution is -0.192. The second-order valence-corrected chi connectivity index (χ2v) is 7.78. The molecule has 3 N–H and O–H groups in total. The van der Waals surface area contributed by atoms with Gasteiger partial charge in [0.15, 0.2) is 11.5 Å². The van der Waals surface area contributed by atoms with Gasteiger partial charge in [-0.1, -0.05) is 0 Å². The molecule has 2 aliphatic rings. The highest BCUT2D eigenvalue weighted by molar-refractivity contribution is 5.93. The zero-order valence-corrected chi connectivity index (χ0v) is 18.5. The quantitative estimate of drug-likeness (QED) is 0.606. The third kappa shape index (κ3) is 6.28. The van der Waals surface area contributed by atoms with Crippen LogP contribution in [0.25, 0.3) is 10.9 Å². The molecule has 3 heterocycles. The van der Waals surface area contributed by atoms with Crippen molar-refractivity contribution in [2.75, 3.05) is 50.6 Å². The Hall–Kier alpha value is -3.02. The Bertz CT molecular complexity index is 961. The Labute approximate surface area is 189 Å². The average Bonchev–Trinajstić information content (AvgIpc) is 3.33. The number of aliphatic carboxylic acids is 1. The number of carbonyl (C=O) groups is 1. The lowest BCUT2D eigenvalue weighted by atomic mass is 10.1. The molecule has 12 heteroatoms. The molecule has 9 nitrogen and oxygen atoms in total. The van der Waals surface area contributed by atoms with Gasteiger partial charge in [0, 0.05) is 37.1 Å². The van der Waals surface area contributed by atoms with Gasteiger partial charge in [-0.15, -0.1) is 0 Å². The van der Waals surface area contributed by atoms with Crippen molar-refractivity contribution >= 4 is 28.6 Å². The highest BCUT2D eigenvalue weighted by Gasteiger charge is 2.38. The van der Waals surface area contributed by atoms with Crippen LogP contribution in [0.5, 0.6) is 11.5 Å². The number of alkyl halides is 3. The monoisotopic (exact) mass is 471 g/mol. The van der Waals surface area contributed by atoms with Gasteiger partial charge in [-0.2, -0.15) is 18.2 Å². The summed E-state index contributed by atoms with van der Waals surface area (Å²) in [5.41, 5.74) is 0.880. The fourth-order valence-corrected chi connectivity index (χ4v) is 3.78. The van der Waals surface area contributed by atoms with Crippen molar-refractivity contribution in [1.29, 1.82) is 0 Å². The number of hydrogen-bond donors (Lipinski definition) is 3. The first-order valence-electron chi connectivity index (χ1n) is 10.7. The van der Waals surface area contributed by atoms with Crippen molar-refractivity contribution in [2.45, 2.75) is 37.9 Å². The van der Waals surface area contributed by atoms with Gasteiger partial charge >= 0.3 is 12.1 Å². The molecule has 2 fully saturated rings. The second kappa shape index (κ2) is 10.7. The lowest BCUT2D eigenvalue weighted by Crippen LogP contribution is -2.38. The number of aromatic nitrogens is 2. The van der Waals surface area contributed by atoms with Gasteiger partial charge in [0.05, 0.1) is 19.7 Å². The van der Waals surface area contributed by atoms with Gasteiger partial charge < -0.3 is 30.1 Å². The van der Waals surface area contributed by atoms with Gasteiger partial charge in [-0.25, -0.2) is 9.78 Å². The molecule has 0 radical (unpaired) electrons. The molecule has 4 rings (SSSR count). The van der Waals surface area contributed by atoms with Crippen LogP contribution >= 0.6 is 0 Å². The molecule has 2 aliphatic heterocycles. The number of fused-ring (bicyclic) bond motifs is 1. The van der Waals surface area contributed by atoms with E-state index in [1.54, 1.807) is 14.2 Å². The van der Waals surface area contributed by atoms with Crippen LogP contribution < -0.4 is 25.0 Å². The van der Waals surface area contributed by atoms with E-state index in [0.717, 1.165) is 55.3 Å². The topological polar surface area (TPSA) is 109 Å². The molecule has 1 atom stereocenters. The summed E-state index contributed by atoms with van der Waals surface area (Å²) in [5, 5.41) is 15.2. The van der Waals surface area contributed by atoms with Crippen molar-refractivity contribution in [3.05, 3.63) is 12.1 Å². The molecule has 1 aromatic carbocycles. The highest BCUT2D eigenvalue weighted by Crippen LogP contribution is 2.35. The van der Waals surface area contributed by atoms with Crippen LogP contribution in [-0.4, -0.2) is 73.7 Å². The molecule has 0 bridgehead atoms. The lowest BCUT2D eigenvalue weighted by Gasteiger charge is -2.26. The number of methoxy groups -OCH3 is 2. The number of rotatable bonds is 5. The summed E-state index contributed by atoms with van der Waals surface area (Å²) in [5.74, 6) is 0.311. The number of benzene rings is 1. The van der Waals surface area contributed by atoms with E-state index < -0.39 is 12.1 Å². The van der Waals surface area contributed by atoms with E-state index in [4.69, 9.17) is 29.3 Å². The fraction of sp³-hybridized carbons (Fsp3) is 0.571. The van der Waals surface area contributed by atoms with Crippen LogP contribution in [0.2, 0.25) is 0 Å². The maximum absolute atomic E-state index is 10.6. The molecule has 2 saturated heterocycles. The number of ether oxygens (including phenoxy) is 2. The van der Waals surface area contributed by atoms with E-state index in [0.29, 0.717) is 17.5 Å². The third-order valence-corrected chi connectivity index (χ3v) is 5.46. The van der Waals surface area contributed by atoms with Gasteiger partial charge in [0.2, 0.25) is 5.95 Å². The first-order chi connectivity index (χ1) is 15.7. The van der Waals surface area contributed by atoms with Crippen molar-refractivity contribution in [3.63, 3.8) is 0 Å². The normalized spacial score (nSPS) is 18.5. The summed E-state index contributed by atoms with van der Waals surface area (Å²) in [4.78, 5) is 20.9. The number of carboxylic acid groups (broad SMARTS) is 1. The number of hydrogen-bond acceptors (Lipinski definition) is 8. The summed E-state index contributed by atoms with van der Waals surface area (Å²) in [6.07, 6.45) is -0.368. The van der Waals surface area contributed by atoms with Crippen LogP contribution in [0.4, 0.5) is 24.9 Å². The third-order valence-electron chi connectivity index (χ3n) is 5.46. The minimum absolute atomic E-state index is 0.376. The summed E-state index contributed by atoms with van der Waals surface area (Å²) in [6.45, 7) is 4.08. The molecule has 0 amide bonds. The van der Waals surface area contributed by atoms with E-state index in [1.165, 1.54) is 19.3 Å². The molecule has 0 unspecified atom stereocenters. The molecule has 0 aliphatic carbocycles. The van der Waals surface area contributed by atoms with Crippen LogP contribution in [0.1, 0.15) is 25.7 Å². The van der Waals surface area contributed by atoms with E-state index in [9.17, 15) is 13.2 Å². The largest absolute Gasteiger partial charge is 0.493 e. The van der Waals surface area contributed by atoms with Crippen LogP contribution in [0.3, 0.4) is 0 Å². The standard InChI is InChI=1S/C19H27N5O2.C2HF3O2/c1-25-16-10-14-15(11-17(16)26-2)22-19(24-8-3-4-9-24)23-18(14)21-13-6-5-7-20-12-13;3-2(4,5)1(6)7/h10-11,13,20H,3-9,12H2,1-2H3,(H,21,22,23);(H,6,7)/t13-;/m1./s1.